The van der Waals surface area contributed by atoms with Crippen molar-refractivity contribution in [2.45, 2.75) is 65.0 Å². The minimum absolute atomic E-state index is 0.0552. The number of thioether (sulfide) groups is 2. The first-order valence-corrected chi connectivity index (χ1v) is 8.36. The topological polar surface area (TPSA) is 34.1 Å². The number of rotatable bonds is 8. The van der Waals surface area contributed by atoms with Gasteiger partial charge in [-0.05, 0) is 18.8 Å². The highest BCUT2D eigenvalue weighted by atomic mass is 32.2. The van der Waals surface area contributed by atoms with Crippen molar-refractivity contribution in [3.05, 3.63) is 0 Å². The van der Waals surface area contributed by atoms with Crippen LogP contribution in [-0.4, -0.2) is 20.7 Å². The second-order valence-electron chi connectivity index (χ2n) is 5.48. The molecule has 0 heterocycles. The van der Waals surface area contributed by atoms with Gasteiger partial charge in [0, 0.05) is 24.3 Å². The SMILES string of the molecule is CC(=O)SCCC(C)CCCC(C)(C)SC(C)=O. The van der Waals surface area contributed by atoms with Crippen LogP contribution in [0.25, 0.3) is 0 Å². The molecule has 0 saturated carbocycles. The van der Waals surface area contributed by atoms with E-state index in [-0.39, 0.29) is 15.0 Å². The summed E-state index contributed by atoms with van der Waals surface area (Å²) in [6.07, 6.45) is 4.51. The van der Waals surface area contributed by atoms with Crippen molar-refractivity contribution >= 4 is 33.8 Å². The highest BCUT2D eigenvalue weighted by Gasteiger charge is 2.20. The van der Waals surface area contributed by atoms with Crippen LogP contribution in [0, 0.1) is 5.92 Å². The van der Waals surface area contributed by atoms with Gasteiger partial charge in [0.1, 0.15) is 0 Å². The maximum absolute atomic E-state index is 11.1. The molecule has 0 aromatic carbocycles. The van der Waals surface area contributed by atoms with Crippen molar-refractivity contribution in [3.8, 4) is 0 Å². The Morgan fingerprint density at radius 1 is 1.11 bits per heavy atom. The fraction of sp³-hybridized carbons (Fsp3) is 0.857. The van der Waals surface area contributed by atoms with Gasteiger partial charge >= 0.3 is 0 Å². The quantitative estimate of drug-likeness (QED) is 0.658. The highest BCUT2D eigenvalue weighted by Crippen LogP contribution is 2.31. The van der Waals surface area contributed by atoms with E-state index in [1.54, 1.807) is 13.8 Å². The van der Waals surface area contributed by atoms with Gasteiger partial charge in [-0.25, -0.2) is 0 Å². The van der Waals surface area contributed by atoms with Gasteiger partial charge in [0.05, 0.1) is 0 Å². The number of carbonyl (C=O) groups excluding carboxylic acids is 2. The van der Waals surface area contributed by atoms with E-state index in [2.05, 4.69) is 20.8 Å². The Morgan fingerprint density at radius 2 is 1.72 bits per heavy atom. The predicted molar refractivity (Wildman–Crippen MR) is 83.1 cm³/mol. The first kappa shape index (κ1) is 18.0. The monoisotopic (exact) mass is 290 g/mol. The van der Waals surface area contributed by atoms with Crippen LogP contribution in [0.1, 0.15) is 60.3 Å². The van der Waals surface area contributed by atoms with Crippen LogP contribution in [0.3, 0.4) is 0 Å². The largest absolute Gasteiger partial charge is 0.288 e. The molecule has 0 bridgehead atoms. The Balaban J connectivity index is 3.69. The van der Waals surface area contributed by atoms with Crippen molar-refractivity contribution in [3.63, 3.8) is 0 Å². The Kier molecular flexibility index (Phi) is 9.05. The summed E-state index contributed by atoms with van der Waals surface area (Å²) in [7, 11) is 0. The van der Waals surface area contributed by atoms with Gasteiger partial charge in [-0.3, -0.25) is 9.59 Å². The fourth-order valence-electron chi connectivity index (χ4n) is 1.86. The number of hydrogen-bond donors (Lipinski definition) is 0. The van der Waals surface area contributed by atoms with Gasteiger partial charge in [0.25, 0.3) is 0 Å². The molecule has 2 nitrogen and oxygen atoms in total. The summed E-state index contributed by atoms with van der Waals surface area (Å²) in [6, 6.07) is 0. The molecule has 0 rings (SSSR count). The van der Waals surface area contributed by atoms with Crippen molar-refractivity contribution in [1.82, 2.24) is 0 Å². The normalized spacial score (nSPS) is 13.4. The summed E-state index contributed by atoms with van der Waals surface area (Å²) in [5.74, 6) is 1.59. The zero-order valence-electron chi connectivity index (χ0n) is 12.2. The third-order valence-corrected chi connectivity index (χ3v) is 4.70. The minimum atomic E-state index is 0.0552. The van der Waals surface area contributed by atoms with Gasteiger partial charge in [-0.2, -0.15) is 0 Å². The molecule has 18 heavy (non-hydrogen) atoms. The summed E-state index contributed by atoms with van der Waals surface area (Å²) >= 11 is 2.86. The van der Waals surface area contributed by atoms with E-state index in [9.17, 15) is 9.59 Å². The van der Waals surface area contributed by atoms with Crippen molar-refractivity contribution in [2.75, 3.05) is 5.75 Å². The molecule has 0 aliphatic heterocycles. The second-order valence-corrected chi connectivity index (χ2v) is 8.64. The lowest BCUT2D eigenvalue weighted by molar-refractivity contribution is -0.110. The van der Waals surface area contributed by atoms with Crippen molar-refractivity contribution in [2.24, 2.45) is 5.92 Å². The minimum Gasteiger partial charge on any atom is -0.288 e. The van der Waals surface area contributed by atoms with E-state index in [0.717, 1.165) is 25.0 Å². The molecule has 0 aliphatic rings. The van der Waals surface area contributed by atoms with Gasteiger partial charge in [0.15, 0.2) is 10.2 Å². The Hall–Kier alpha value is 0.0400. The summed E-state index contributed by atoms with van der Waals surface area (Å²) in [6.45, 7) is 9.77. The van der Waals surface area contributed by atoms with Crippen LogP contribution in [-0.2, 0) is 9.59 Å². The molecule has 0 aromatic rings. The highest BCUT2D eigenvalue weighted by molar-refractivity contribution is 8.14. The van der Waals surface area contributed by atoms with E-state index in [0.29, 0.717) is 5.92 Å². The van der Waals surface area contributed by atoms with Gasteiger partial charge in [-0.15, -0.1) is 0 Å². The van der Waals surface area contributed by atoms with Crippen LogP contribution in [0.2, 0.25) is 0 Å². The smallest absolute Gasteiger partial charge is 0.186 e. The van der Waals surface area contributed by atoms with Crippen molar-refractivity contribution in [1.29, 1.82) is 0 Å². The molecule has 0 amide bonds. The molecule has 0 saturated heterocycles. The van der Waals surface area contributed by atoms with E-state index >= 15 is 0 Å². The van der Waals surface area contributed by atoms with Crippen LogP contribution < -0.4 is 0 Å². The Morgan fingerprint density at radius 3 is 2.22 bits per heavy atom. The second kappa shape index (κ2) is 9.03. The summed E-state index contributed by atoms with van der Waals surface area (Å²) in [5, 5.41) is 0.409. The molecule has 0 N–H and O–H groups in total. The first-order valence-electron chi connectivity index (χ1n) is 6.56. The Bertz CT molecular complexity index is 275. The van der Waals surface area contributed by atoms with E-state index < -0.39 is 0 Å². The summed E-state index contributed by atoms with van der Waals surface area (Å²) in [5.41, 5.74) is 0. The van der Waals surface area contributed by atoms with Crippen LogP contribution in [0.15, 0.2) is 0 Å². The molecular weight excluding hydrogens is 264 g/mol. The van der Waals surface area contributed by atoms with Crippen LogP contribution in [0.5, 0.6) is 0 Å². The number of carbonyl (C=O) groups is 2. The summed E-state index contributed by atoms with van der Waals surface area (Å²) in [4.78, 5) is 21.9. The zero-order valence-corrected chi connectivity index (χ0v) is 13.9. The molecule has 0 radical (unpaired) electrons. The van der Waals surface area contributed by atoms with E-state index in [4.69, 9.17) is 0 Å². The maximum atomic E-state index is 11.1. The van der Waals surface area contributed by atoms with Gasteiger partial charge < -0.3 is 0 Å². The zero-order chi connectivity index (χ0) is 14.2. The van der Waals surface area contributed by atoms with Gasteiger partial charge in [0.2, 0.25) is 0 Å². The molecule has 1 atom stereocenters. The van der Waals surface area contributed by atoms with Crippen molar-refractivity contribution < 1.29 is 9.59 Å². The lowest BCUT2D eigenvalue weighted by Crippen LogP contribution is -2.17. The fourth-order valence-corrected chi connectivity index (χ4v) is 3.70. The third-order valence-electron chi connectivity index (χ3n) is 2.81. The third kappa shape index (κ3) is 11.1. The van der Waals surface area contributed by atoms with E-state index in [1.165, 1.54) is 29.9 Å². The van der Waals surface area contributed by atoms with Crippen LogP contribution in [0.4, 0.5) is 0 Å². The maximum Gasteiger partial charge on any atom is 0.186 e. The first-order chi connectivity index (χ1) is 8.23. The molecular formula is C14H26O2S2. The lowest BCUT2D eigenvalue weighted by Gasteiger charge is -2.23. The molecule has 0 fully saturated rings. The predicted octanol–water partition coefficient (Wildman–Crippen LogP) is 4.52. The Labute approximate surface area is 120 Å². The van der Waals surface area contributed by atoms with Crippen LogP contribution >= 0.6 is 23.5 Å². The lowest BCUT2D eigenvalue weighted by atomic mass is 9.97. The molecule has 0 aromatic heterocycles. The standard InChI is InChI=1S/C14H26O2S2/c1-11(8-10-17-12(2)15)7-6-9-14(4,5)18-13(3)16/h11H,6-10H2,1-5H3. The van der Waals surface area contributed by atoms with Gasteiger partial charge in [-0.1, -0.05) is 57.1 Å². The number of hydrogen-bond acceptors (Lipinski definition) is 4. The molecule has 0 spiro atoms. The molecule has 0 aliphatic carbocycles. The molecule has 1 unspecified atom stereocenters. The average Bonchev–Trinajstić information content (AvgIpc) is 2.14. The summed E-state index contributed by atoms with van der Waals surface area (Å²) < 4.78 is 0.0552. The average molecular weight is 290 g/mol. The molecule has 106 valence electrons. The molecule has 4 heteroatoms. The van der Waals surface area contributed by atoms with E-state index in [1.807, 2.05) is 0 Å².